The maximum atomic E-state index is 12.8. The molecule has 4 aromatic heterocycles. The van der Waals surface area contributed by atoms with Crippen LogP contribution in [0.1, 0.15) is 28.9 Å². The van der Waals surface area contributed by atoms with Gasteiger partial charge in [-0.2, -0.15) is 0 Å². The highest BCUT2D eigenvalue weighted by atomic mass is 32.1. The van der Waals surface area contributed by atoms with Gasteiger partial charge in [-0.25, -0.2) is 9.50 Å². The maximum absolute atomic E-state index is 12.8. The van der Waals surface area contributed by atoms with E-state index in [4.69, 9.17) is 9.15 Å². The molecule has 1 aliphatic rings. The number of benzene rings is 1. The second-order valence-corrected chi connectivity index (χ2v) is 9.09. The first kappa shape index (κ1) is 20.0. The number of amides is 1. The lowest BCUT2D eigenvalue weighted by Crippen LogP contribution is -2.36. The van der Waals surface area contributed by atoms with Crippen molar-refractivity contribution < 1.29 is 13.9 Å². The standard InChI is InChI=1S/C25H22N4O3S/c30-25(22-8-4-14-33-22)28-12-3-6-18(28)11-13-31-24-10-9-23-26-16-19(29(23)27-24)21-15-17-5-1-2-7-20(17)32-21/h1-2,4-5,7-10,14-16,18H,3,6,11-13H2/t18-/m0/s1. The van der Waals surface area contributed by atoms with Crippen LogP contribution < -0.4 is 4.74 Å². The summed E-state index contributed by atoms with van der Waals surface area (Å²) in [6, 6.07) is 17.6. The molecule has 0 N–H and O–H groups in total. The molecule has 166 valence electrons. The molecule has 0 bridgehead atoms. The highest BCUT2D eigenvalue weighted by Crippen LogP contribution is 2.29. The van der Waals surface area contributed by atoms with Crippen LogP contribution in [0.3, 0.4) is 0 Å². The molecule has 0 spiro atoms. The molecule has 1 fully saturated rings. The molecular formula is C25H22N4O3S. The van der Waals surface area contributed by atoms with Gasteiger partial charge < -0.3 is 14.1 Å². The van der Waals surface area contributed by atoms with E-state index in [9.17, 15) is 4.79 Å². The largest absolute Gasteiger partial charge is 0.477 e. The topological polar surface area (TPSA) is 72.9 Å². The van der Waals surface area contributed by atoms with Crippen LogP contribution in [0.5, 0.6) is 5.88 Å². The lowest BCUT2D eigenvalue weighted by Gasteiger charge is -2.24. The lowest BCUT2D eigenvalue weighted by molar-refractivity contribution is 0.0723. The molecule has 8 heteroatoms. The van der Waals surface area contributed by atoms with Crippen molar-refractivity contribution in [3.63, 3.8) is 0 Å². The van der Waals surface area contributed by atoms with Gasteiger partial charge in [0.05, 0.1) is 17.7 Å². The third-order valence-corrected chi connectivity index (χ3v) is 6.94. The Hall–Kier alpha value is -3.65. The van der Waals surface area contributed by atoms with E-state index in [-0.39, 0.29) is 11.9 Å². The number of furan rings is 1. The molecule has 1 saturated heterocycles. The summed E-state index contributed by atoms with van der Waals surface area (Å²) in [5.74, 6) is 1.36. The molecule has 6 rings (SSSR count). The quantitative estimate of drug-likeness (QED) is 0.346. The van der Waals surface area contributed by atoms with E-state index < -0.39 is 0 Å². The highest BCUT2D eigenvalue weighted by Gasteiger charge is 2.29. The summed E-state index contributed by atoms with van der Waals surface area (Å²) in [5.41, 5.74) is 2.32. The van der Waals surface area contributed by atoms with Gasteiger partial charge in [0, 0.05) is 30.5 Å². The fraction of sp³-hybridized carbons (Fsp3) is 0.240. The summed E-state index contributed by atoms with van der Waals surface area (Å²) >= 11 is 1.49. The van der Waals surface area contributed by atoms with Crippen LogP contribution in [0.2, 0.25) is 0 Å². The molecule has 0 saturated carbocycles. The van der Waals surface area contributed by atoms with Crippen molar-refractivity contribution in [2.75, 3.05) is 13.2 Å². The van der Waals surface area contributed by atoms with Gasteiger partial charge in [0.1, 0.15) is 11.3 Å². The number of hydrogen-bond acceptors (Lipinski definition) is 6. The molecule has 1 atom stereocenters. The average molecular weight is 459 g/mol. The summed E-state index contributed by atoms with van der Waals surface area (Å²) in [4.78, 5) is 20.0. The Balaban J connectivity index is 1.16. The normalized spacial score (nSPS) is 16.1. The van der Waals surface area contributed by atoms with Crippen molar-refractivity contribution in [1.82, 2.24) is 19.5 Å². The van der Waals surface area contributed by atoms with Crippen LogP contribution in [0.4, 0.5) is 0 Å². The lowest BCUT2D eigenvalue weighted by atomic mass is 10.1. The molecule has 33 heavy (non-hydrogen) atoms. The molecule has 1 amide bonds. The zero-order chi connectivity index (χ0) is 22.2. The predicted molar refractivity (Wildman–Crippen MR) is 127 cm³/mol. The van der Waals surface area contributed by atoms with Gasteiger partial charge in [0.25, 0.3) is 5.91 Å². The van der Waals surface area contributed by atoms with Crippen molar-refractivity contribution in [3.8, 4) is 17.3 Å². The van der Waals surface area contributed by atoms with E-state index in [1.165, 1.54) is 11.3 Å². The molecule has 1 aliphatic heterocycles. The monoisotopic (exact) mass is 458 g/mol. The summed E-state index contributed by atoms with van der Waals surface area (Å²) < 4.78 is 13.7. The average Bonchev–Trinajstić information content (AvgIpc) is 3.64. The van der Waals surface area contributed by atoms with Gasteiger partial charge in [-0.05, 0) is 42.5 Å². The number of aromatic nitrogens is 3. The Bertz CT molecular complexity index is 1390. The minimum atomic E-state index is 0.126. The third-order valence-electron chi connectivity index (χ3n) is 6.09. The first-order valence-electron chi connectivity index (χ1n) is 11.1. The van der Waals surface area contributed by atoms with Gasteiger partial charge in [-0.3, -0.25) is 4.79 Å². The van der Waals surface area contributed by atoms with Crippen molar-refractivity contribution in [2.45, 2.75) is 25.3 Å². The number of hydrogen-bond donors (Lipinski definition) is 0. The number of rotatable bonds is 6. The van der Waals surface area contributed by atoms with E-state index in [0.717, 1.165) is 53.0 Å². The van der Waals surface area contributed by atoms with E-state index in [1.807, 2.05) is 64.9 Å². The van der Waals surface area contributed by atoms with Crippen molar-refractivity contribution >= 4 is 33.9 Å². The SMILES string of the molecule is O=C(c1cccs1)N1CCC[C@H]1CCOc1ccc2ncc(-c3cc4ccccc4o3)n2n1. The van der Waals surface area contributed by atoms with Crippen LogP contribution in [-0.2, 0) is 0 Å². The fourth-order valence-corrected chi connectivity index (χ4v) is 5.13. The van der Waals surface area contributed by atoms with Gasteiger partial charge in [-0.15, -0.1) is 16.4 Å². The summed E-state index contributed by atoms with van der Waals surface area (Å²) in [5, 5.41) is 7.61. The molecule has 5 heterocycles. The maximum Gasteiger partial charge on any atom is 0.264 e. The number of thiophene rings is 1. The van der Waals surface area contributed by atoms with E-state index in [1.54, 1.807) is 10.7 Å². The first-order valence-corrected chi connectivity index (χ1v) is 12.0. The van der Waals surface area contributed by atoms with Crippen LogP contribution in [0.15, 0.2) is 70.6 Å². The Morgan fingerprint density at radius 3 is 3.00 bits per heavy atom. The Kier molecular flexibility index (Phi) is 5.07. The highest BCUT2D eigenvalue weighted by molar-refractivity contribution is 7.12. The predicted octanol–water partition coefficient (Wildman–Crippen LogP) is 5.28. The second-order valence-electron chi connectivity index (χ2n) is 8.14. The number of nitrogens with zero attached hydrogens (tertiary/aromatic N) is 4. The van der Waals surface area contributed by atoms with Crippen molar-refractivity contribution in [2.24, 2.45) is 0 Å². The van der Waals surface area contributed by atoms with Crippen LogP contribution in [0, 0.1) is 0 Å². The number of para-hydroxylation sites is 1. The molecule has 1 aromatic carbocycles. The van der Waals surface area contributed by atoms with Gasteiger partial charge in [-0.1, -0.05) is 24.3 Å². The molecule has 0 unspecified atom stereocenters. The molecule has 5 aromatic rings. The molecule has 0 radical (unpaired) electrons. The Morgan fingerprint density at radius 2 is 2.12 bits per heavy atom. The van der Waals surface area contributed by atoms with Crippen LogP contribution in [-0.4, -0.2) is 44.6 Å². The van der Waals surface area contributed by atoms with E-state index in [2.05, 4.69) is 10.1 Å². The Morgan fingerprint density at radius 1 is 1.18 bits per heavy atom. The molecular weight excluding hydrogens is 436 g/mol. The zero-order valence-electron chi connectivity index (χ0n) is 17.9. The molecule has 0 aliphatic carbocycles. The minimum absolute atomic E-state index is 0.126. The molecule has 7 nitrogen and oxygen atoms in total. The number of carbonyl (C=O) groups excluding carboxylic acids is 1. The number of ether oxygens (including phenoxy) is 1. The van der Waals surface area contributed by atoms with Crippen molar-refractivity contribution in [1.29, 1.82) is 0 Å². The summed E-state index contributed by atoms with van der Waals surface area (Å²) in [6.07, 6.45) is 4.57. The summed E-state index contributed by atoms with van der Waals surface area (Å²) in [6.45, 7) is 1.30. The number of imidazole rings is 1. The number of fused-ring (bicyclic) bond motifs is 2. The van der Waals surface area contributed by atoms with Crippen LogP contribution >= 0.6 is 11.3 Å². The van der Waals surface area contributed by atoms with E-state index in [0.29, 0.717) is 18.2 Å². The summed E-state index contributed by atoms with van der Waals surface area (Å²) in [7, 11) is 0. The Labute approximate surface area is 194 Å². The second kappa shape index (κ2) is 8.37. The first-order chi connectivity index (χ1) is 16.3. The van der Waals surface area contributed by atoms with Crippen molar-refractivity contribution in [3.05, 3.63) is 71.1 Å². The van der Waals surface area contributed by atoms with E-state index >= 15 is 0 Å². The number of likely N-dealkylation sites (tertiary alicyclic amines) is 1. The van der Waals surface area contributed by atoms with Gasteiger partial charge >= 0.3 is 0 Å². The van der Waals surface area contributed by atoms with Gasteiger partial charge in [0.2, 0.25) is 5.88 Å². The number of carbonyl (C=O) groups is 1. The third kappa shape index (κ3) is 3.76. The smallest absolute Gasteiger partial charge is 0.264 e. The minimum Gasteiger partial charge on any atom is -0.477 e. The zero-order valence-corrected chi connectivity index (χ0v) is 18.7. The van der Waals surface area contributed by atoms with Gasteiger partial charge in [0.15, 0.2) is 11.4 Å². The fourth-order valence-electron chi connectivity index (χ4n) is 4.45. The van der Waals surface area contributed by atoms with Crippen LogP contribution in [0.25, 0.3) is 28.1 Å².